The number of hydrogen-bond acceptors (Lipinski definition) is 4. The fraction of sp³-hybridized carbons (Fsp3) is 0.429. The van der Waals surface area contributed by atoms with Gasteiger partial charge in [-0.2, -0.15) is 0 Å². The number of ether oxygens (including phenoxy) is 2. The highest BCUT2D eigenvalue weighted by Crippen LogP contribution is 2.53. The predicted octanol–water partition coefficient (Wildman–Crippen LogP) is 1.25. The van der Waals surface area contributed by atoms with Crippen LogP contribution >= 0.6 is 0 Å². The predicted molar refractivity (Wildman–Crippen MR) is 63.3 cm³/mol. The molecule has 0 radical (unpaired) electrons. The van der Waals surface area contributed by atoms with E-state index in [4.69, 9.17) is 9.47 Å². The summed E-state index contributed by atoms with van der Waals surface area (Å²) >= 11 is 0. The Bertz CT molecular complexity index is 468. The van der Waals surface area contributed by atoms with Gasteiger partial charge in [0.25, 0.3) is 0 Å². The minimum atomic E-state index is -0.423. The van der Waals surface area contributed by atoms with Crippen LogP contribution in [0.5, 0.6) is 0 Å². The molecule has 94 valence electrons. The first-order valence-electron chi connectivity index (χ1n) is 5.96. The summed E-state index contributed by atoms with van der Waals surface area (Å²) in [4.78, 5) is 23.8. The smallest absolute Gasteiger partial charge is 0.334 e. The number of hydrogen-bond donors (Lipinski definition) is 0. The lowest BCUT2D eigenvalue weighted by Gasteiger charge is -2.47. The summed E-state index contributed by atoms with van der Waals surface area (Å²) in [6, 6.07) is 0. The second kappa shape index (κ2) is 3.83. The van der Waals surface area contributed by atoms with Crippen LogP contribution in [0.4, 0.5) is 0 Å². The Balaban J connectivity index is 2.11. The van der Waals surface area contributed by atoms with Gasteiger partial charge in [0.2, 0.25) is 0 Å². The van der Waals surface area contributed by atoms with Gasteiger partial charge in [0, 0.05) is 11.8 Å². The Morgan fingerprint density at radius 1 is 0.833 bits per heavy atom. The minimum absolute atomic E-state index is 0.0495. The largest absolute Gasteiger partial charge is 0.466 e. The van der Waals surface area contributed by atoms with Gasteiger partial charge in [0.15, 0.2) is 0 Å². The average Bonchev–Trinajstić information content (AvgIpc) is 2.35. The van der Waals surface area contributed by atoms with E-state index >= 15 is 0 Å². The van der Waals surface area contributed by atoms with Crippen molar-refractivity contribution in [2.75, 3.05) is 14.2 Å². The van der Waals surface area contributed by atoms with Gasteiger partial charge >= 0.3 is 11.9 Å². The molecule has 0 aromatic carbocycles. The second-order valence-electron chi connectivity index (χ2n) is 4.79. The zero-order valence-electron chi connectivity index (χ0n) is 10.3. The Morgan fingerprint density at radius 2 is 1.22 bits per heavy atom. The SMILES string of the molecule is COC(=O)C1=C(C(=O)OC)[C@H]2C=C[C@H]1[C@@H]1C=C[C@H]12. The maximum atomic E-state index is 11.9. The van der Waals surface area contributed by atoms with Crippen molar-refractivity contribution in [3.63, 3.8) is 0 Å². The summed E-state index contributed by atoms with van der Waals surface area (Å²) in [5.41, 5.74) is 0.949. The molecule has 4 aliphatic carbocycles. The third-order valence-corrected chi connectivity index (χ3v) is 4.12. The molecule has 0 N–H and O–H groups in total. The normalized spacial score (nSPS) is 35.0. The summed E-state index contributed by atoms with van der Waals surface area (Å²) in [6.07, 6.45) is 8.22. The summed E-state index contributed by atoms with van der Waals surface area (Å²) in [5.74, 6) is -0.301. The maximum absolute atomic E-state index is 11.9. The van der Waals surface area contributed by atoms with Crippen LogP contribution < -0.4 is 0 Å². The van der Waals surface area contributed by atoms with Crippen LogP contribution in [0.2, 0.25) is 0 Å². The van der Waals surface area contributed by atoms with Crippen LogP contribution in [0.1, 0.15) is 0 Å². The molecule has 18 heavy (non-hydrogen) atoms. The molecular formula is C14H14O4. The number of esters is 2. The molecule has 0 saturated heterocycles. The van der Waals surface area contributed by atoms with E-state index < -0.39 is 11.9 Å². The van der Waals surface area contributed by atoms with Gasteiger partial charge in [0.1, 0.15) is 0 Å². The third-order valence-electron chi connectivity index (χ3n) is 4.12. The fourth-order valence-corrected chi connectivity index (χ4v) is 3.23. The summed E-state index contributed by atoms with van der Waals surface area (Å²) in [6.45, 7) is 0. The lowest BCUT2D eigenvalue weighted by atomic mass is 9.55. The first-order valence-corrected chi connectivity index (χ1v) is 5.96. The molecule has 0 heterocycles. The molecule has 4 atom stereocenters. The zero-order chi connectivity index (χ0) is 12.9. The van der Waals surface area contributed by atoms with Crippen molar-refractivity contribution < 1.29 is 19.1 Å². The highest BCUT2D eigenvalue weighted by molar-refractivity contribution is 6.02. The van der Waals surface area contributed by atoms with Crippen LogP contribution in [0, 0.1) is 23.7 Å². The van der Waals surface area contributed by atoms with E-state index in [2.05, 4.69) is 12.2 Å². The monoisotopic (exact) mass is 246 g/mol. The van der Waals surface area contributed by atoms with Crippen molar-refractivity contribution in [1.82, 2.24) is 0 Å². The van der Waals surface area contributed by atoms with Crippen molar-refractivity contribution >= 4 is 11.9 Å². The van der Waals surface area contributed by atoms with Crippen molar-refractivity contribution in [2.24, 2.45) is 23.7 Å². The molecule has 0 aliphatic heterocycles. The van der Waals surface area contributed by atoms with E-state index in [1.807, 2.05) is 12.2 Å². The molecule has 2 bridgehead atoms. The second-order valence-corrected chi connectivity index (χ2v) is 4.79. The van der Waals surface area contributed by atoms with Crippen LogP contribution in [-0.4, -0.2) is 26.2 Å². The zero-order valence-corrected chi connectivity index (χ0v) is 10.3. The van der Waals surface area contributed by atoms with E-state index in [1.165, 1.54) is 14.2 Å². The number of allylic oxidation sites excluding steroid dienone is 4. The van der Waals surface area contributed by atoms with Crippen molar-refractivity contribution in [3.05, 3.63) is 35.5 Å². The van der Waals surface area contributed by atoms with Crippen molar-refractivity contribution in [2.45, 2.75) is 0 Å². The maximum Gasteiger partial charge on any atom is 0.334 e. The van der Waals surface area contributed by atoms with Crippen molar-refractivity contribution in [1.29, 1.82) is 0 Å². The Labute approximate surface area is 105 Å². The molecular weight excluding hydrogens is 232 g/mol. The van der Waals surface area contributed by atoms with Gasteiger partial charge < -0.3 is 9.47 Å². The van der Waals surface area contributed by atoms with Crippen LogP contribution in [0.15, 0.2) is 35.5 Å². The topological polar surface area (TPSA) is 52.6 Å². The van der Waals surface area contributed by atoms with Gasteiger partial charge in [0.05, 0.1) is 25.4 Å². The standard InChI is InChI=1S/C14H14O4/c1-17-13(15)11-9-5-6-10(8-4-3-7(8)9)12(11)14(16)18-2/h3-10H,1-2H3/t7-,8-,9+,10+/m1/s1. The number of methoxy groups -OCH3 is 2. The highest BCUT2D eigenvalue weighted by Gasteiger charge is 2.50. The van der Waals surface area contributed by atoms with Gasteiger partial charge in [-0.15, -0.1) is 0 Å². The van der Waals surface area contributed by atoms with Gasteiger partial charge in [-0.25, -0.2) is 9.59 Å². The van der Waals surface area contributed by atoms with Gasteiger partial charge in [-0.3, -0.25) is 0 Å². The van der Waals surface area contributed by atoms with E-state index in [0.717, 1.165) is 0 Å². The van der Waals surface area contributed by atoms with Crippen LogP contribution in [-0.2, 0) is 19.1 Å². The third kappa shape index (κ3) is 1.26. The summed E-state index contributed by atoms with van der Waals surface area (Å²) in [7, 11) is 2.68. The molecule has 4 rings (SSSR count). The Kier molecular flexibility index (Phi) is 2.40. The van der Waals surface area contributed by atoms with E-state index in [0.29, 0.717) is 23.0 Å². The average molecular weight is 246 g/mol. The lowest BCUT2D eigenvalue weighted by molar-refractivity contribution is -0.141. The number of carbonyl (C=O) groups is 2. The molecule has 0 amide bonds. The van der Waals surface area contributed by atoms with E-state index in [-0.39, 0.29) is 11.8 Å². The molecule has 0 fully saturated rings. The molecule has 0 spiro atoms. The highest BCUT2D eigenvalue weighted by atomic mass is 16.5. The minimum Gasteiger partial charge on any atom is -0.466 e. The molecule has 0 saturated carbocycles. The van der Waals surface area contributed by atoms with Gasteiger partial charge in [-0.1, -0.05) is 24.3 Å². The number of rotatable bonds is 2. The molecule has 0 unspecified atom stereocenters. The molecule has 4 aliphatic rings. The Morgan fingerprint density at radius 3 is 1.50 bits per heavy atom. The molecule has 0 aromatic rings. The van der Waals surface area contributed by atoms with Crippen LogP contribution in [0.25, 0.3) is 0 Å². The molecule has 4 nitrogen and oxygen atoms in total. The van der Waals surface area contributed by atoms with Crippen molar-refractivity contribution in [3.8, 4) is 0 Å². The fourth-order valence-electron chi connectivity index (χ4n) is 3.23. The first kappa shape index (κ1) is 11.3. The quantitative estimate of drug-likeness (QED) is 0.543. The molecule has 4 heteroatoms. The van der Waals surface area contributed by atoms with Crippen LogP contribution in [0.3, 0.4) is 0 Å². The summed E-state index contributed by atoms with van der Waals surface area (Å²) < 4.78 is 9.62. The van der Waals surface area contributed by atoms with E-state index in [9.17, 15) is 9.59 Å². The Hall–Kier alpha value is -1.84. The van der Waals surface area contributed by atoms with Gasteiger partial charge in [-0.05, 0) is 11.8 Å². The van der Waals surface area contributed by atoms with E-state index in [1.54, 1.807) is 0 Å². The number of carbonyl (C=O) groups excluding carboxylic acids is 2. The summed E-state index contributed by atoms with van der Waals surface area (Å²) in [5, 5.41) is 0. The lowest BCUT2D eigenvalue weighted by Crippen LogP contribution is -2.45. The molecule has 0 aromatic heterocycles. The first-order chi connectivity index (χ1) is 8.69.